The number of benzene rings is 1. The first-order valence-corrected chi connectivity index (χ1v) is 9.16. The number of rotatable bonds is 3. The number of thiophene rings is 1. The standard InChI is InChI=1S/C20H16ClN3S/c1-12-17(13-7-3-2-4-8-13)18-14(11-16(21)24-20(18)25-12)19(22)15-9-5-6-10-23-15/h2-11,19H,22H2,1H3. The van der Waals surface area contributed by atoms with E-state index in [1.165, 1.54) is 10.4 Å². The fraction of sp³-hybridized carbons (Fsp3) is 0.100. The number of halogens is 1. The van der Waals surface area contributed by atoms with E-state index >= 15 is 0 Å². The first kappa shape index (κ1) is 16.2. The molecule has 124 valence electrons. The predicted molar refractivity (Wildman–Crippen MR) is 105 cm³/mol. The zero-order chi connectivity index (χ0) is 17.4. The highest BCUT2D eigenvalue weighted by Gasteiger charge is 2.21. The average Bonchev–Trinajstić information content (AvgIpc) is 2.97. The van der Waals surface area contributed by atoms with Gasteiger partial charge in [-0.1, -0.05) is 48.0 Å². The van der Waals surface area contributed by atoms with Crippen LogP contribution in [0.3, 0.4) is 0 Å². The highest BCUT2D eigenvalue weighted by atomic mass is 35.5. The van der Waals surface area contributed by atoms with Crippen molar-refractivity contribution in [2.24, 2.45) is 5.73 Å². The van der Waals surface area contributed by atoms with Gasteiger partial charge in [-0.3, -0.25) is 4.98 Å². The lowest BCUT2D eigenvalue weighted by Crippen LogP contribution is -2.14. The summed E-state index contributed by atoms with van der Waals surface area (Å²) in [5, 5.41) is 1.52. The summed E-state index contributed by atoms with van der Waals surface area (Å²) in [4.78, 5) is 11.1. The summed E-state index contributed by atoms with van der Waals surface area (Å²) in [5.74, 6) is 0. The predicted octanol–water partition coefficient (Wildman–Crippen LogP) is 5.37. The van der Waals surface area contributed by atoms with Gasteiger partial charge >= 0.3 is 0 Å². The van der Waals surface area contributed by atoms with Crippen molar-refractivity contribution in [2.75, 3.05) is 0 Å². The Morgan fingerprint density at radius 3 is 2.56 bits per heavy atom. The van der Waals surface area contributed by atoms with E-state index in [0.29, 0.717) is 5.15 Å². The van der Waals surface area contributed by atoms with Crippen molar-refractivity contribution in [3.05, 3.63) is 82.1 Å². The molecule has 4 rings (SSSR count). The summed E-state index contributed by atoms with van der Waals surface area (Å²) >= 11 is 7.93. The van der Waals surface area contributed by atoms with Gasteiger partial charge in [-0.15, -0.1) is 11.3 Å². The van der Waals surface area contributed by atoms with Gasteiger partial charge in [0.1, 0.15) is 9.98 Å². The van der Waals surface area contributed by atoms with E-state index < -0.39 is 0 Å². The quantitative estimate of drug-likeness (QED) is 0.496. The fourth-order valence-corrected chi connectivity index (χ4v) is 4.45. The summed E-state index contributed by atoms with van der Waals surface area (Å²) < 4.78 is 0. The van der Waals surface area contributed by atoms with Gasteiger partial charge in [0.2, 0.25) is 0 Å². The molecule has 3 nitrogen and oxygen atoms in total. The molecular weight excluding hydrogens is 350 g/mol. The smallest absolute Gasteiger partial charge is 0.131 e. The lowest BCUT2D eigenvalue weighted by atomic mass is 9.95. The van der Waals surface area contributed by atoms with Gasteiger partial charge < -0.3 is 5.73 Å². The summed E-state index contributed by atoms with van der Waals surface area (Å²) in [6.07, 6.45) is 1.76. The monoisotopic (exact) mass is 365 g/mol. The zero-order valence-electron chi connectivity index (χ0n) is 13.6. The Bertz CT molecular complexity index is 1030. The Hall–Kier alpha value is -2.27. The Kier molecular flexibility index (Phi) is 4.25. The number of aromatic nitrogens is 2. The molecule has 0 saturated heterocycles. The van der Waals surface area contributed by atoms with Crippen molar-refractivity contribution < 1.29 is 0 Å². The van der Waals surface area contributed by atoms with Crippen LogP contribution in [0.4, 0.5) is 0 Å². The third-order valence-corrected chi connectivity index (χ3v) is 5.43. The van der Waals surface area contributed by atoms with Crippen molar-refractivity contribution in [1.82, 2.24) is 9.97 Å². The molecule has 1 atom stereocenters. The van der Waals surface area contributed by atoms with Gasteiger partial charge in [-0.05, 0) is 36.2 Å². The van der Waals surface area contributed by atoms with Crippen LogP contribution in [-0.4, -0.2) is 9.97 Å². The molecule has 2 N–H and O–H groups in total. The van der Waals surface area contributed by atoms with Crippen LogP contribution >= 0.6 is 22.9 Å². The number of fused-ring (bicyclic) bond motifs is 1. The molecular formula is C20H16ClN3S. The number of nitrogens with two attached hydrogens (primary N) is 1. The minimum atomic E-state index is -0.360. The minimum absolute atomic E-state index is 0.360. The molecule has 0 aliphatic rings. The van der Waals surface area contributed by atoms with Crippen molar-refractivity contribution >= 4 is 33.2 Å². The molecule has 3 aromatic heterocycles. The van der Waals surface area contributed by atoms with E-state index in [9.17, 15) is 0 Å². The summed E-state index contributed by atoms with van der Waals surface area (Å²) in [5.41, 5.74) is 10.7. The number of nitrogens with zero attached hydrogens (tertiary/aromatic N) is 2. The molecule has 4 aromatic rings. The Morgan fingerprint density at radius 1 is 1.08 bits per heavy atom. The second-order valence-electron chi connectivity index (χ2n) is 5.85. The zero-order valence-corrected chi connectivity index (χ0v) is 15.2. The van der Waals surface area contributed by atoms with E-state index in [2.05, 4.69) is 29.0 Å². The van der Waals surface area contributed by atoms with Crippen LogP contribution in [0.1, 0.15) is 22.2 Å². The summed E-state index contributed by atoms with van der Waals surface area (Å²) in [6, 6.07) is 17.6. The largest absolute Gasteiger partial charge is 0.319 e. The van der Waals surface area contributed by atoms with E-state index in [1.54, 1.807) is 17.5 Å². The highest BCUT2D eigenvalue weighted by molar-refractivity contribution is 7.19. The maximum atomic E-state index is 6.56. The third-order valence-electron chi connectivity index (χ3n) is 4.24. The van der Waals surface area contributed by atoms with E-state index in [-0.39, 0.29) is 6.04 Å². The maximum Gasteiger partial charge on any atom is 0.131 e. The summed E-state index contributed by atoms with van der Waals surface area (Å²) in [7, 11) is 0. The van der Waals surface area contributed by atoms with Gasteiger partial charge in [0.05, 0.1) is 11.7 Å². The molecule has 0 amide bonds. The lowest BCUT2D eigenvalue weighted by molar-refractivity contribution is 0.835. The topological polar surface area (TPSA) is 51.8 Å². The molecule has 5 heteroatoms. The molecule has 1 aromatic carbocycles. The molecule has 0 saturated carbocycles. The molecule has 0 spiro atoms. The van der Waals surface area contributed by atoms with E-state index in [4.69, 9.17) is 17.3 Å². The molecule has 0 aliphatic carbocycles. The third kappa shape index (κ3) is 2.93. The van der Waals surface area contributed by atoms with Gasteiger partial charge in [-0.2, -0.15) is 0 Å². The second kappa shape index (κ2) is 6.56. The molecule has 0 radical (unpaired) electrons. The van der Waals surface area contributed by atoms with Crippen LogP contribution in [-0.2, 0) is 0 Å². The van der Waals surface area contributed by atoms with Crippen LogP contribution in [0.15, 0.2) is 60.8 Å². The van der Waals surface area contributed by atoms with Crippen molar-refractivity contribution in [2.45, 2.75) is 13.0 Å². The first-order valence-electron chi connectivity index (χ1n) is 7.96. The first-order chi connectivity index (χ1) is 12.1. The van der Waals surface area contributed by atoms with Gasteiger partial charge in [0, 0.05) is 22.0 Å². The SMILES string of the molecule is Cc1sc2nc(Cl)cc(C(N)c3ccccn3)c2c1-c1ccccc1. The van der Waals surface area contributed by atoms with Crippen LogP contribution in [0, 0.1) is 6.92 Å². The average molecular weight is 366 g/mol. The lowest BCUT2D eigenvalue weighted by Gasteiger charge is -2.15. The second-order valence-corrected chi connectivity index (χ2v) is 7.44. The molecule has 0 aliphatic heterocycles. The normalized spacial score (nSPS) is 12.4. The van der Waals surface area contributed by atoms with E-state index in [0.717, 1.165) is 27.0 Å². The summed E-state index contributed by atoms with van der Waals surface area (Å²) in [6.45, 7) is 2.11. The molecule has 1 unspecified atom stereocenters. The number of aryl methyl sites for hydroxylation is 1. The van der Waals surface area contributed by atoms with Crippen molar-refractivity contribution in [1.29, 1.82) is 0 Å². The Balaban J connectivity index is 2.01. The number of hydrogen-bond acceptors (Lipinski definition) is 4. The Morgan fingerprint density at radius 2 is 1.84 bits per heavy atom. The van der Waals surface area contributed by atoms with Crippen molar-refractivity contribution in [3.63, 3.8) is 0 Å². The van der Waals surface area contributed by atoms with Crippen molar-refractivity contribution in [3.8, 4) is 11.1 Å². The Labute approximate surface area is 155 Å². The number of hydrogen-bond donors (Lipinski definition) is 1. The van der Waals surface area contributed by atoms with E-state index in [1.807, 2.05) is 42.5 Å². The molecule has 25 heavy (non-hydrogen) atoms. The maximum absolute atomic E-state index is 6.56. The van der Waals surface area contributed by atoms with Crippen LogP contribution < -0.4 is 5.73 Å². The van der Waals surface area contributed by atoms with Gasteiger partial charge in [0.25, 0.3) is 0 Å². The van der Waals surface area contributed by atoms with Gasteiger partial charge in [0.15, 0.2) is 0 Å². The van der Waals surface area contributed by atoms with Crippen LogP contribution in [0.5, 0.6) is 0 Å². The minimum Gasteiger partial charge on any atom is -0.319 e. The number of pyridine rings is 2. The fourth-order valence-electron chi connectivity index (χ4n) is 3.12. The van der Waals surface area contributed by atoms with Crippen LogP contribution in [0.2, 0.25) is 5.15 Å². The molecule has 3 heterocycles. The van der Waals surface area contributed by atoms with Crippen LogP contribution in [0.25, 0.3) is 21.3 Å². The van der Waals surface area contributed by atoms with Gasteiger partial charge in [-0.25, -0.2) is 4.98 Å². The molecule has 0 fully saturated rings. The molecule has 0 bridgehead atoms. The highest BCUT2D eigenvalue weighted by Crippen LogP contribution is 2.42.